The fourth-order valence-corrected chi connectivity index (χ4v) is 3.20. The lowest BCUT2D eigenvalue weighted by atomic mass is 10.2. The molecule has 0 atom stereocenters. The summed E-state index contributed by atoms with van der Waals surface area (Å²) in [6, 6.07) is 20.3. The Hall–Kier alpha value is -1.39. The van der Waals surface area contributed by atoms with E-state index in [4.69, 9.17) is 0 Å². The second-order valence-corrected chi connectivity index (χ2v) is 6.02. The highest BCUT2D eigenvalue weighted by atomic mass is 32.2. The highest BCUT2D eigenvalue weighted by Gasteiger charge is 2.04. The van der Waals surface area contributed by atoms with Crippen LogP contribution in [0.4, 0.5) is 0 Å². The number of hydrogen-bond donors (Lipinski definition) is 0. The van der Waals surface area contributed by atoms with Crippen LogP contribution in [-0.2, 0) is 16.3 Å². The van der Waals surface area contributed by atoms with Gasteiger partial charge in [0, 0.05) is 11.5 Å². The molecule has 0 N–H and O–H groups in total. The van der Waals surface area contributed by atoms with E-state index in [1.165, 1.54) is 35.0 Å². The van der Waals surface area contributed by atoms with E-state index in [2.05, 4.69) is 24.3 Å². The molecule has 2 nitrogen and oxygen atoms in total. The molecule has 0 radical (unpaired) electrons. The quantitative estimate of drug-likeness (QED) is 0.564. The van der Waals surface area contributed by atoms with E-state index in [0.29, 0.717) is 0 Å². The maximum atomic E-state index is 11.0. The van der Waals surface area contributed by atoms with Crippen LogP contribution >= 0.6 is 23.9 Å². The van der Waals surface area contributed by atoms with Gasteiger partial charge in [-0.25, -0.2) is 3.71 Å². The largest absolute Gasteiger partial charge is 0.277 e. The molecular weight excluding hydrogens is 274 g/mol. The topological polar surface area (TPSA) is 20.3 Å². The van der Waals surface area contributed by atoms with Gasteiger partial charge in [0.05, 0.1) is 0 Å². The fourth-order valence-electron chi connectivity index (χ4n) is 1.52. The molecule has 2 rings (SSSR count). The van der Waals surface area contributed by atoms with E-state index >= 15 is 0 Å². The van der Waals surface area contributed by atoms with Gasteiger partial charge < -0.3 is 0 Å². The van der Waals surface area contributed by atoms with Crippen LogP contribution in [0.15, 0.2) is 60.7 Å². The first-order valence-electron chi connectivity index (χ1n) is 5.96. The molecule has 0 aliphatic heterocycles. The average molecular weight is 289 g/mol. The number of benzene rings is 2. The summed E-state index contributed by atoms with van der Waals surface area (Å²) in [4.78, 5) is 11.0. The third kappa shape index (κ3) is 5.01. The van der Waals surface area contributed by atoms with E-state index in [9.17, 15) is 4.79 Å². The van der Waals surface area contributed by atoms with Crippen LogP contribution in [0.3, 0.4) is 0 Å². The smallest absolute Gasteiger partial charge is 0.229 e. The summed E-state index contributed by atoms with van der Waals surface area (Å²) in [6.07, 6.45) is 0.876. The highest BCUT2D eigenvalue weighted by molar-refractivity contribution is 8.11. The molecule has 0 saturated heterocycles. The van der Waals surface area contributed by atoms with Gasteiger partial charge in [-0.3, -0.25) is 4.79 Å². The van der Waals surface area contributed by atoms with Crippen molar-refractivity contribution in [1.82, 2.24) is 3.71 Å². The van der Waals surface area contributed by atoms with Crippen molar-refractivity contribution in [2.45, 2.75) is 11.5 Å². The lowest BCUT2D eigenvalue weighted by molar-refractivity contribution is -0.110. The molecule has 19 heavy (non-hydrogen) atoms. The summed E-state index contributed by atoms with van der Waals surface area (Å²) >= 11 is 3.04. The summed E-state index contributed by atoms with van der Waals surface area (Å²) in [7, 11) is 0. The van der Waals surface area contributed by atoms with E-state index < -0.39 is 0 Å². The van der Waals surface area contributed by atoms with Gasteiger partial charge in [-0.1, -0.05) is 60.7 Å². The Bertz CT molecular complexity index is 447. The molecule has 2 aromatic carbocycles. The van der Waals surface area contributed by atoms with Crippen LogP contribution in [-0.4, -0.2) is 10.1 Å². The predicted octanol–water partition coefficient (Wildman–Crippen LogP) is 4.14. The minimum atomic E-state index is 0.807. The van der Waals surface area contributed by atoms with Crippen molar-refractivity contribution in [3.63, 3.8) is 0 Å². The van der Waals surface area contributed by atoms with E-state index in [0.717, 1.165) is 17.9 Å². The summed E-state index contributed by atoms with van der Waals surface area (Å²) in [5, 5.41) is 0. The van der Waals surface area contributed by atoms with Crippen LogP contribution in [0.25, 0.3) is 0 Å². The number of rotatable bonds is 7. The normalized spacial score (nSPS) is 10.1. The number of nitrogens with zero attached hydrogens (tertiary/aromatic N) is 1. The van der Waals surface area contributed by atoms with Gasteiger partial charge in [0.2, 0.25) is 6.41 Å². The van der Waals surface area contributed by atoms with Gasteiger partial charge in [0.25, 0.3) is 0 Å². The maximum absolute atomic E-state index is 11.0. The number of carbonyl (C=O) groups is 1. The molecule has 0 fully saturated rings. The third-order valence-electron chi connectivity index (χ3n) is 2.49. The van der Waals surface area contributed by atoms with Crippen LogP contribution in [0.1, 0.15) is 11.1 Å². The van der Waals surface area contributed by atoms with Crippen molar-refractivity contribution in [2.24, 2.45) is 0 Å². The van der Waals surface area contributed by atoms with Gasteiger partial charge in [-0.15, -0.1) is 0 Å². The minimum Gasteiger partial charge on any atom is -0.277 e. The van der Waals surface area contributed by atoms with Crippen LogP contribution in [0, 0.1) is 0 Å². The van der Waals surface area contributed by atoms with Gasteiger partial charge in [0.15, 0.2) is 0 Å². The first-order valence-corrected chi connectivity index (χ1v) is 7.85. The zero-order valence-electron chi connectivity index (χ0n) is 10.4. The second-order valence-electron chi connectivity index (χ2n) is 3.91. The number of hydrogen-bond acceptors (Lipinski definition) is 3. The zero-order valence-corrected chi connectivity index (χ0v) is 12.1. The zero-order chi connectivity index (χ0) is 13.3. The molecule has 0 aromatic heterocycles. The summed E-state index contributed by atoms with van der Waals surface area (Å²) in [6.45, 7) is 0. The number of carbonyl (C=O) groups excluding carboxylic acids is 1. The Morgan fingerprint density at radius 2 is 1.21 bits per heavy atom. The Morgan fingerprint density at radius 1 is 0.789 bits per heavy atom. The Labute approximate surface area is 122 Å². The van der Waals surface area contributed by atoms with Crippen LogP contribution in [0.2, 0.25) is 0 Å². The SMILES string of the molecule is O=CN(SCc1ccccc1)SCc1ccccc1. The molecule has 0 heterocycles. The van der Waals surface area contributed by atoms with Gasteiger partial charge >= 0.3 is 0 Å². The molecular formula is C15H15NOS2. The van der Waals surface area contributed by atoms with Crippen molar-refractivity contribution >= 4 is 30.3 Å². The standard InChI is InChI=1S/C15H15NOS2/c17-13-16(18-11-14-7-3-1-4-8-14)19-12-15-9-5-2-6-10-15/h1-10,13H,11-12H2. The van der Waals surface area contributed by atoms with Crippen molar-refractivity contribution in [2.75, 3.05) is 0 Å². The van der Waals surface area contributed by atoms with Crippen molar-refractivity contribution < 1.29 is 4.79 Å². The first-order chi connectivity index (χ1) is 9.38. The third-order valence-corrected chi connectivity index (χ3v) is 4.73. The van der Waals surface area contributed by atoms with Crippen LogP contribution < -0.4 is 0 Å². The fraction of sp³-hybridized carbons (Fsp3) is 0.133. The molecule has 0 bridgehead atoms. The summed E-state index contributed by atoms with van der Waals surface area (Å²) in [5.74, 6) is 1.61. The molecule has 0 spiro atoms. The van der Waals surface area contributed by atoms with Gasteiger partial charge in [0.1, 0.15) is 0 Å². The predicted molar refractivity (Wildman–Crippen MR) is 83.4 cm³/mol. The molecule has 1 amide bonds. The van der Waals surface area contributed by atoms with E-state index in [-0.39, 0.29) is 0 Å². The first kappa shape index (κ1) is 14.0. The Balaban J connectivity index is 1.79. The summed E-state index contributed by atoms with van der Waals surface area (Å²) < 4.78 is 1.68. The van der Waals surface area contributed by atoms with E-state index in [1.54, 1.807) is 3.71 Å². The molecule has 98 valence electrons. The van der Waals surface area contributed by atoms with Crippen LogP contribution in [0.5, 0.6) is 0 Å². The maximum Gasteiger partial charge on any atom is 0.229 e. The number of amides is 1. The molecule has 0 saturated carbocycles. The Kier molecular flexibility index (Phi) is 5.85. The Morgan fingerprint density at radius 3 is 1.58 bits per heavy atom. The summed E-state index contributed by atoms with van der Waals surface area (Å²) in [5.41, 5.74) is 2.44. The molecule has 2 aromatic rings. The second kappa shape index (κ2) is 7.92. The molecule has 4 heteroatoms. The van der Waals surface area contributed by atoms with Crippen molar-refractivity contribution in [3.8, 4) is 0 Å². The average Bonchev–Trinajstić information content (AvgIpc) is 2.49. The van der Waals surface area contributed by atoms with Gasteiger partial charge in [-0.05, 0) is 35.0 Å². The van der Waals surface area contributed by atoms with Gasteiger partial charge in [-0.2, -0.15) is 0 Å². The van der Waals surface area contributed by atoms with E-state index in [1.807, 2.05) is 36.4 Å². The van der Waals surface area contributed by atoms with Crippen molar-refractivity contribution in [3.05, 3.63) is 71.8 Å². The molecule has 0 aliphatic carbocycles. The minimum absolute atomic E-state index is 0.807. The monoisotopic (exact) mass is 289 g/mol. The van der Waals surface area contributed by atoms with Crippen molar-refractivity contribution in [1.29, 1.82) is 0 Å². The molecule has 0 aliphatic rings. The highest BCUT2D eigenvalue weighted by Crippen LogP contribution is 2.25. The molecule has 0 unspecified atom stereocenters. The lowest BCUT2D eigenvalue weighted by Crippen LogP contribution is -2.04. The lowest BCUT2D eigenvalue weighted by Gasteiger charge is -2.14.